The van der Waals surface area contributed by atoms with Gasteiger partial charge in [0.1, 0.15) is 5.41 Å². The topological polar surface area (TPSA) is 80.9 Å². The van der Waals surface area contributed by atoms with Crippen LogP contribution in [0, 0.1) is 5.95 Å². The maximum Gasteiger partial charge on any atom is 0.252 e. The van der Waals surface area contributed by atoms with Gasteiger partial charge < -0.3 is 9.73 Å². The minimum atomic E-state index is -0.843. The minimum absolute atomic E-state index is 0.0292. The molecule has 2 aromatic heterocycles. The van der Waals surface area contributed by atoms with Crippen LogP contribution in [0.1, 0.15) is 19.2 Å². The van der Waals surface area contributed by atoms with Crippen LogP contribution in [-0.4, -0.2) is 27.6 Å². The van der Waals surface area contributed by atoms with Crippen molar-refractivity contribution in [2.45, 2.75) is 18.8 Å². The van der Waals surface area contributed by atoms with Crippen LogP contribution in [-0.2, 0) is 10.2 Å². The lowest BCUT2D eigenvalue weighted by molar-refractivity contribution is -0.124. The van der Waals surface area contributed by atoms with E-state index in [-0.39, 0.29) is 23.3 Å². The molecule has 0 spiro atoms. The monoisotopic (exact) mass is 262 g/mol. The Bertz CT molecular complexity index is 642. The zero-order valence-corrected chi connectivity index (χ0v) is 10.2. The predicted molar refractivity (Wildman–Crippen MR) is 62.5 cm³/mol. The average Bonchev–Trinajstić information content (AvgIpc) is 2.99. The summed E-state index contributed by atoms with van der Waals surface area (Å²) in [5, 5.41) is 10.4. The van der Waals surface area contributed by atoms with Crippen LogP contribution in [0.15, 0.2) is 22.7 Å². The van der Waals surface area contributed by atoms with Crippen molar-refractivity contribution in [3.8, 4) is 11.5 Å². The van der Waals surface area contributed by atoms with E-state index in [0.717, 1.165) is 0 Å². The highest BCUT2D eigenvalue weighted by Gasteiger charge is 2.44. The second-order valence-electron chi connectivity index (χ2n) is 4.59. The first kappa shape index (κ1) is 11.8. The Hall–Kier alpha value is -2.31. The smallest absolute Gasteiger partial charge is 0.252 e. The first-order valence-corrected chi connectivity index (χ1v) is 5.84. The molecule has 7 heteroatoms. The molecule has 0 bridgehead atoms. The third-order valence-electron chi connectivity index (χ3n) is 3.30. The first-order valence-electron chi connectivity index (χ1n) is 5.84. The number of nitrogens with one attached hydrogen (secondary N) is 1. The van der Waals surface area contributed by atoms with Gasteiger partial charge in [0, 0.05) is 12.7 Å². The Morgan fingerprint density at radius 2 is 2.32 bits per heavy atom. The molecule has 1 saturated heterocycles. The van der Waals surface area contributed by atoms with Gasteiger partial charge in [-0.1, -0.05) is 0 Å². The van der Waals surface area contributed by atoms with E-state index < -0.39 is 11.4 Å². The van der Waals surface area contributed by atoms with E-state index in [1.54, 1.807) is 13.0 Å². The summed E-state index contributed by atoms with van der Waals surface area (Å²) in [5.41, 5.74) is -0.715. The number of amides is 1. The van der Waals surface area contributed by atoms with Gasteiger partial charge in [-0.2, -0.15) is 4.39 Å². The number of halogens is 1. The van der Waals surface area contributed by atoms with Crippen molar-refractivity contribution in [2.75, 3.05) is 6.54 Å². The summed E-state index contributed by atoms with van der Waals surface area (Å²) in [4.78, 5) is 15.3. The molecule has 1 amide bonds. The van der Waals surface area contributed by atoms with Gasteiger partial charge in [-0.3, -0.25) is 4.79 Å². The van der Waals surface area contributed by atoms with E-state index in [2.05, 4.69) is 20.5 Å². The fraction of sp³-hybridized carbons (Fsp3) is 0.333. The largest absolute Gasteiger partial charge is 0.419 e. The third kappa shape index (κ3) is 1.78. The molecule has 6 nitrogen and oxygen atoms in total. The highest BCUT2D eigenvalue weighted by atomic mass is 19.1. The summed E-state index contributed by atoms with van der Waals surface area (Å²) in [6, 6.07) is 3.07. The fourth-order valence-corrected chi connectivity index (χ4v) is 2.04. The van der Waals surface area contributed by atoms with Crippen molar-refractivity contribution in [2.24, 2.45) is 0 Å². The number of hydrogen-bond donors (Lipinski definition) is 1. The van der Waals surface area contributed by atoms with E-state index in [1.807, 2.05) is 0 Å². The number of pyridine rings is 1. The highest BCUT2D eigenvalue weighted by Crippen LogP contribution is 2.32. The van der Waals surface area contributed by atoms with Crippen LogP contribution in [0.25, 0.3) is 11.5 Å². The fourth-order valence-electron chi connectivity index (χ4n) is 2.04. The molecule has 1 aliphatic rings. The molecule has 1 unspecified atom stereocenters. The Kier molecular flexibility index (Phi) is 2.55. The quantitative estimate of drug-likeness (QED) is 0.818. The molecule has 0 aromatic carbocycles. The van der Waals surface area contributed by atoms with Gasteiger partial charge in [0.15, 0.2) is 0 Å². The summed E-state index contributed by atoms with van der Waals surface area (Å²) >= 11 is 0. The molecule has 0 aliphatic carbocycles. The van der Waals surface area contributed by atoms with E-state index in [0.29, 0.717) is 13.0 Å². The Labute approximate surface area is 108 Å². The lowest BCUT2D eigenvalue weighted by Crippen LogP contribution is -2.32. The molecule has 1 fully saturated rings. The summed E-state index contributed by atoms with van der Waals surface area (Å²) in [7, 11) is 0. The first-order chi connectivity index (χ1) is 9.11. The third-order valence-corrected chi connectivity index (χ3v) is 3.30. The number of hydrogen-bond acceptors (Lipinski definition) is 5. The second-order valence-corrected chi connectivity index (χ2v) is 4.59. The maximum absolute atomic E-state index is 13.5. The van der Waals surface area contributed by atoms with Crippen LogP contribution in [0.2, 0.25) is 0 Å². The van der Waals surface area contributed by atoms with Crippen LogP contribution < -0.4 is 5.32 Å². The zero-order valence-electron chi connectivity index (χ0n) is 10.2. The SMILES string of the molecule is CC1(c2nnc(-c3cccnc3F)o2)CCNC1=O. The standard InChI is InChI=1S/C12H11FN4O2/c1-12(4-6-15-10(12)18)11-17-16-9(19-11)7-3-2-5-14-8(7)13/h2-3,5H,4,6H2,1H3,(H,15,18). The van der Waals surface area contributed by atoms with E-state index in [1.165, 1.54) is 12.3 Å². The van der Waals surface area contributed by atoms with Crippen molar-refractivity contribution in [1.82, 2.24) is 20.5 Å². The van der Waals surface area contributed by atoms with Crippen molar-refractivity contribution in [3.05, 3.63) is 30.2 Å². The number of carbonyl (C=O) groups excluding carboxylic acids is 1. The van der Waals surface area contributed by atoms with Crippen molar-refractivity contribution in [1.29, 1.82) is 0 Å². The van der Waals surface area contributed by atoms with Crippen LogP contribution in [0.3, 0.4) is 0 Å². The van der Waals surface area contributed by atoms with Crippen LogP contribution in [0.5, 0.6) is 0 Å². The summed E-state index contributed by atoms with van der Waals surface area (Å²) < 4.78 is 19.0. The lowest BCUT2D eigenvalue weighted by atomic mass is 9.89. The Balaban J connectivity index is 2.01. The molecule has 0 radical (unpaired) electrons. The van der Waals surface area contributed by atoms with Gasteiger partial charge in [-0.05, 0) is 25.5 Å². The highest BCUT2D eigenvalue weighted by molar-refractivity contribution is 5.88. The lowest BCUT2D eigenvalue weighted by Gasteiger charge is -2.14. The molecule has 3 heterocycles. The van der Waals surface area contributed by atoms with Gasteiger partial charge >= 0.3 is 0 Å². The van der Waals surface area contributed by atoms with Gasteiger partial charge in [-0.25, -0.2) is 4.98 Å². The van der Waals surface area contributed by atoms with Gasteiger partial charge in [-0.15, -0.1) is 10.2 Å². The van der Waals surface area contributed by atoms with E-state index >= 15 is 0 Å². The molecule has 3 rings (SSSR count). The second kappa shape index (κ2) is 4.11. The minimum Gasteiger partial charge on any atom is -0.419 e. The number of rotatable bonds is 2. The summed E-state index contributed by atoms with van der Waals surface area (Å²) in [5.74, 6) is -0.615. The molecular formula is C12H11FN4O2. The summed E-state index contributed by atoms with van der Waals surface area (Å²) in [6.07, 6.45) is 1.91. The van der Waals surface area contributed by atoms with E-state index in [4.69, 9.17) is 4.42 Å². The van der Waals surface area contributed by atoms with Gasteiger partial charge in [0.05, 0.1) is 5.56 Å². The molecular weight excluding hydrogens is 251 g/mol. The van der Waals surface area contributed by atoms with Crippen LogP contribution in [0.4, 0.5) is 4.39 Å². The molecule has 2 aromatic rings. The molecule has 1 atom stereocenters. The van der Waals surface area contributed by atoms with Gasteiger partial charge in [0.25, 0.3) is 5.89 Å². The molecule has 1 N–H and O–H groups in total. The molecule has 0 saturated carbocycles. The Morgan fingerprint density at radius 1 is 1.47 bits per heavy atom. The Morgan fingerprint density at radius 3 is 3.00 bits per heavy atom. The van der Waals surface area contributed by atoms with Crippen LogP contribution >= 0.6 is 0 Å². The normalized spacial score (nSPS) is 22.5. The molecule has 19 heavy (non-hydrogen) atoms. The predicted octanol–water partition coefficient (Wildman–Crippen LogP) is 1.05. The van der Waals surface area contributed by atoms with E-state index in [9.17, 15) is 9.18 Å². The molecule has 1 aliphatic heterocycles. The number of carbonyl (C=O) groups is 1. The molecule has 98 valence electrons. The zero-order chi connectivity index (χ0) is 13.5. The maximum atomic E-state index is 13.5. The van der Waals surface area contributed by atoms with Gasteiger partial charge in [0.2, 0.25) is 17.7 Å². The average molecular weight is 262 g/mol. The van der Waals surface area contributed by atoms with Crippen molar-refractivity contribution in [3.63, 3.8) is 0 Å². The number of nitrogens with zero attached hydrogens (tertiary/aromatic N) is 3. The van der Waals surface area contributed by atoms with Crippen molar-refractivity contribution >= 4 is 5.91 Å². The number of aromatic nitrogens is 3. The summed E-state index contributed by atoms with van der Waals surface area (Å²) in [6.45, 7) is 2.29. The van der Waals surface area contributed by atoms with Crippen molar-refractivity contribution < 1.29 is 13.6 Å².